The van der Waals surface area contributed by atoms with E-state index in [1.807, 2.05) is 23.6 Å². The molecule has 0 bridgehead atoms. The van der Waals surface area contributed by atoms with Crippen molar-refractivity contribution in [1.29, 1.82) is 0 Å². The first-order valence-electron chi connectivity index (χ1n) is 7.15. The minimum Gasteiger partial charge on any atom is -0.369 e. The van der Waals surface area contributed by atoms with E-state index >= 15 is 0 Å². The third kappa shape index (κ3) is 3.01. The maximum absolute atomic E-state index is 12.0. The van der Waals surface area contributed by atoms with Gasteiger partial charge in [0.25, 0.3) is 0 Å². The van der Waals surface area contributed by atoms with Crippen molar-refractivity contribution in [1.82, 2.24) is 10.3 Å². The van der Waals surface area contributed by atoms with Gasteiger partial charge in [-0.25, -0.2) is 4.98 Å². The second kappa shape index (κ2) is 5.88. The van der Waals surface area contributed by atoms with Crippen LogP contribution in [0.4, 0.5) is 0 Å². The van der Waals surface area contributed by atoms with E-state index < -0.39 is 11.3 Å². The fourth-order valence-electron chi connectivity index (χ4n) is 2.33. The van der Waals surface area contributed by atoms with Gasteiger partial charge in [-0.2, -0.15) is 0 Å². The second-order valence-electron chi connectivity index (χ2n) is 5.52. The fourth-order valence-corrected chi connectivity index (χ4v) is 3.16. The standard InChI is InChI=1S/C16H17N3O2S/c17-14(20)16(6-7-16)15(21)18-9-12-10-22-13(19-12)8-11-4-2-1-3-5-11/h1-5,10H,6-9H2,(H2,17,20)(H,18,21). The van der Waals surface area contributed by atoms with Crippen molar-refractivity contribution >= 4 is 23.2 Å². The molecule has 1 aromatic heterocycles. The predicted octanol–water partition coefficient (Wildman–Crippen LogP) is 1.62. The number of nitrogens with zero attached hydrogens (tertiary/aromatic N) is 1. The number of aromatic nitrogens is 1. The Morgan fingerprint density at radius 1 is 1.27 bits per heavy atom. The highest BCUT2D eigenvalue weighted by Gasteiger charge is 2.55. The van der Waals surface area contributed by atoms with Crippen molar-refractivity contribution in [2.45, 2.75) is 25.8 Å². The van der Waals surface area contributed by atoms with Gasteiger partial charge in [0.05, 0.1) is 17.2 Å². The largest absolute Gasteiger partial charge is 0.369 e. The molecule has 1 fully saturated rings. The average Bonchev–Trinajstić information content (AvgIpc) is 3.22. The van der Waals surface area contributed by atoms with Crippen LogP contribution in [0.15, 0.2) is 35.7 Å². The molecule has 114 valence electrons. The highest BCUT2D eigenvalue weighted by molar-refractivity contribution is 7.09. The van der Waals surface area contributed by atoms with Gasteiger partial charge >= 0.3 is 0 Å². The Hall–Kier alpha value is -2.21. The van der Waals surface area contributed by atoms with Gasteiger partial charge in [0.15, 0.2) is 0 Å². The summed E-state index contributed by atoms with van der Waals surface area (Å²) in [5.41, 5.74) is 6.33. The van der Waals surface area contributed by atoms with Crippen molar-refractivity contribution in [2.75, 3.05) is 0 Å². The summed E-state index contributed by atoms with van der Waals surface area (Å²) in [6, 6.07) is 10.1. The molecule has 1 heterocycles. The van der Waals surface area contributed by atoms with E-state index in [0.29, 0.717) is 19.4 Å². The van der Waals surface area contributed by atoms with E-state index in [-0.39, 0.29) is 5.91 Å². The highest BCUT2D eigenvalue weighted by atomic mass is 32.1. The zero-order chi connectivity index (χ0) is 15.6. The summed E-state index contributed by atoms with van der Waals surface area (Å²) in [4.78, 5) is 27.8. The quantitative estimate of drug-likeness (QED) is 0.794. The molecule has 3 N–H and O–H groups in total. The highest BCUT2D eigenvalue weighted by Crippen LogP contribution is 2.45. The van der Waals surface area contributed by atoms with Crippen molar-refractivity contribution in [2.24, 2.45) is 11.1 Å². The number of thiazole rings is 1. The fraction of sp³-hybridized carbons (Fsp3) is 0.312. The first-order valence-corrected chi connectivity index (χ1v) is 8.03. The van der Waals surface area contributed by atoms with Gasteiger partial charge in [0.1, 0.15) is 5.41 Å². The Kier molecular flexibility index (Phi) is 3.94. The molecular weight excluding hydrogens is 298 g/mol. The van der Waals surface area contributed by atoms with Crippen LogP contribution in [0.1, 0.15) is 29.1 Å². The number of rotatable bonds is 6. The molecule has 0 atom stereocenters. The minimum atomic E-state index is -0.969. The number of carbonyl (C=O) groups excluding carboxylic acids is 2. The minimum absolute atomic E-state index is 0.280. The van der Waals surface area contributed by atoms with Gasteiger partial charge in [-0.05, 0) is 18.4 Å². The average molecular weight is 315 g/mol. The van der Waals surface area contributed by atoms with Crippen LogP contribution in [0, 0.1) is 5.41 Å². The van der Waals surface area contributed by atoms with E-state index in [1.54, 1.807) is 11.3 Å². The number of nitrogens with one attached hydrogen (secondary N) is 1. The molecule has 5 nitrogen and oxygen atoms in total. The lowest BCUT2D eigenvalue weighted by Crippen LogP contribution is -2.40. The summed E-state index contributed by atoms with van der Waals surface area (Å²) in [6.45, 7) is 0.332. The van der Waals surface area contributed by atoms with Crippen LogP contribution < -0.4 is 11.1 Å². The summed E-state index contributed by atoms with van der Waals surface area (Å²) in [5.74, 6) is -0.814. The van der Waals surface area contributed by atoms with Gasteiger partial charge in [0, 0.05) is 11.8 Å². The number of primary amides is 1. The molecule has 0 unspecified atom stereocenters. The lowest BCUT2D eigenvalue weighted by atomic mass is 10.1. The number of hydrogen-bond acceptors (Lipinski definition) is 4. The molecule has 6 heteroatoms. The Labute approximate surface area is 132 Å². The zero-order valence-corrected chi connectivity index (χ0v) is 12.9. The second-order valence-corrected chi connectivity index (χ2v) is 6.47. The molecule has 0 aliphatic heterocycles. The molecule has 1 saturated carbocycles. The van der Waals surface area contributed by atoms with Crippen molar-refractivity contribution in [3.63, 3.8) is 0 Å². The number of carbonyl (C=O) groups is 2. The maximum atomic E-state index is 12.0. The van der Waals surface area contributed by atoms with Crippen LogP contribution in [-0.2, 0) is 22.6 Å². The van der Waals surface area contributed by atoms with Gasteiger partial charge in [-0.15, -0.1) is 11.3 Å². The van der Waals surface area contributed by atoms with E-state index in [4.69, 9.17) is 5.73 Å². The van der Waals surface area contributed by atoms with Crippen LogP contribution in [-0.4, -0.2) is 16.8 Å². The first kappa shape index (κ1) is 14.7. The topological polar surface area (TPSA) is 85.1 Å². The van der Waals surface area contributed by atoms with Crippen LogP contribution in [0.5, 0.6) is 0 Å². The number of nitrogens with two attached hydrogens (primary N) is 1. The van der Waals surface area contributed by atoms with Gasteiger partial charge in [-0.3, -0.25) is 9.59 Å². The van der Waals surface area contributed by atoms with E-state index in [0.717, 1.165) is 17.1 Å². The molecule has 0 saturated heterocycles. The molecule has 1 aromatic carbocycles. The SMILES string of the molecule is NC(=O)C1(C(=O)NCc2csc(Cc3ccccc3)n2)CC1. The molecule has 1 aliphatic rings. The molecule has 2 amide bonds. The monoisotopic (exact) mass is 315 g/mol. The lowest BCUT2D eigenvalue weighted by Gasteiger charge is -2.10. The van der Waals surface area contributed by atoms with E-state index in [2.05, 4.69) is 22.4 Å². The summed E-state index contributed by atoms with van der Waals surface area (Å²) >= 11 is 1.57. The Morgan fingerprint density at radius 2 is 2.00 bits per heavy atom. The third-order valence-corrected chi connectivity index (χ3v) is 4.78. The van der Waals surface area contributed by atoms with Crippen molar-refractivity contribution in [3.8, 4) is 0 Å². The van der Waals surface area contributed by atoms with Gasteiger partial charge in [0.2, 0.25) is 11.8 Å². The molecule has 0 spiro atoms. The Balaban J connectivity index is 1.56. The summed E-state index contributed by atoms with van der Waals surface area (Å²) in [7, 11) is 0. The third-order valence-electron chi connectivity index (χ3n) is 3.88. The normalized spacial score (nSPS) is 15.3. The van der Waals surface area contributed by atoms with Crippen molar-refractivity contribution < 1.29 is 9.59 Å². The Morgan fingerprint density at radius 3 is 2.64 bits per heavy atom. The molecular formula is C16H17N3O2S. The number of amides is 2. The first-order chi connectivity index (χ1) is 10.6. The van der Waals surface area contributed by atoms with E-state index in [9.17, 15) is 9.59 Å². The number of hydrogen-bond donors (Lipinski definition) is 2. The lowest BCUT2D eigenvalue weighted by molar-refractivity contribution is -0.135. The summed E-state index contributed by atoms with van der Waals surface area (Å²) < 4.78 is 0. The van der Waals surface area contributed by atoms with Crippen LogP contribution in [0.3, 0.4) is 0 Å². The predicted molar refractivity (Wildman–Crippen MR) is 84.1 cm³/mol. The molecule has 1 aliphatic carbocycles. The Bertz CT molecular complexity index is 692. The van der Waals surface area contributed by atoms with E-state index in [1.165, 1.54) is 5.56 Å². The maximum Gasteiger partial charge on any atom is 0.236 e. The molecule has 22 heavy (non-hydrogen) atoms. The van der Waals surface area contributed by atoms with Crippen LogP contribution in [0.25, 0.3) is 0 Å². The van der Waals surface area contributed by atoms with Crippen molar-refractivity contribution in [3.05, 3.63) is 52.0 Å². The van der Waals surface area contributed by atoms with Crippen LogP contribution in [0.2, 0.25) is 0 Å². The smallest absolute Gasteiger partial charge is 0.236 e. The zero-order valence-electron chi connectivity index (χ0n) is 12.0. The summed E-state index contributed by atoms with van der Waals surface area (Å²) in [6.07, 6.45) is 1.87. The molecule has 0 radical (unpaired) electrons. The summed E-state index contributed by atoms with van der Waals surface area (Å²) in [5, 5.41) is 5.70. The number of benzene rings is 1. The molecule has 3 rings (SSSR count). The van der Waals surface area contributed by atoms with Gasteiger partial charge in [-0.1, -0.05) is 30.3 Å². The molecule has 2 aromatic rings. The van der Waals surface area contributed by atoms with Crippen LogP contribution >= 0.6 is 11.3 Å². The van der Waals surface area contributed by atoms with Gasteiger partial charge < -0.3 is 11.1 Å².